The molecule has 2 amide bonds. The van der Waals surface area contributed by atoms with E-state index in [-0.39, 0.29) is 29.2 Å². The van der Waals surface area contributed by atoms with E-state index in [1.807, 2.05) is 0 Å². The van der Waals surface area contributed by atoms with Crippen LogP contribution < -0.4 is 20.8 Å². The first-order valence-electron chi connectivity index (χ1n) is 8.61. The maximum atomic E-state index is 13.8. The molecule has 0 radical (unpaired) electrons. The quantitative estimate of drug-likeness (QED) is 0.327. The Morgan fingerprint density at radius 2 is 2.03 bits per heavy atom. The smallest absolute Gasteiger partial charge is 0.247 e. The number of halogens is 1. The number of nitrogens with zero attached hydrogens (tertiary/aromatic N) is 2. The third kappa shape index (κ3) is 4.57. The minimum atomic E-state index is -0.667. The van der Waals surface area contributed by atoms with Crippen LogP contribution in [0.5, 0.6) is 5.75 Å². The number of methoxy groups -OCH3 is 1. The zero-order chi connectivity index (χ0) is 21.0. The lowest BCUT2D eigenvalue weighted by Crippen LogP contribution is -2.31. The van der Waals surface area contributed by atoms with Crippen molar-refractivity contribution >= 4 is 40.1 Å². The molecule has 0 bridgehead atoms. The van der Waals surface area contributed by atoms with Gasteiger partial charge in [0.05, 0.1) is 18.5 Å². The van der Waals surface area contributed by atoms with E-state index in [4.69, 9.17) is 10.5 Å². The number of amides is 2. The lowest BCUT2D eigenvalue weighted by atomic mass is 10.1. The number of amidine groups is 1. The van der Waals surface area contributed by atoms with Gasteiger partial charge in [-0.25, -0.2) is 9.29 Å². The summed E-state index contributed by atoms with van der Waals surface area (Å²) in [7, 11) is 1.38. The second-order valence-electron chi connectivity index (χ2n) is 6.10. The first kappa shape index (κ1) is 20.4. The number of imide groups is 1. The van der Waals surface area contributed by atoms with Crippen LogP contribution in [0.4, 0.5) is 10.1 Å². The van der Waals surface area contributed by atoms with Gasteiger partial charge in [-0.05, 0) is 30.3 Å². The third-order valence-electron chi connectivity index (χ3n) is 4.18. The van der Waals surface area contributed by atoms with E-state index in [9.17, 15) is 14.0 Å². The van der Waals surface area contributed by atoms with Gasteiger partial charge in [-0.1, -0.05) is 36.5 Å². The molecule has 2 aromatic rings. The predicted octanol–water partition coefficient (Wildman–Crippen LogP) is 2.69. The molecule has 7 nitrogen and oxygen atoms in total. The molecule has 29 heavy (non-hydrogen) atoms. The minimum absolute atomic E-state index is 0.0270. The van der Waals surface area contributed by atoms with Gasteiger partial charge in [-0.15, -0.1) is 0 Å². The molecular formula is C20H19FN4O3S. The Morgan fingerprint density at radius 3 is 2.69 bits per heavy atom. The van der Waals surface area contributed by atoms with Crippen LogP contribution in [0.25, 0.3) is 5.70 Å². The number of benzene rings is 2. The summed E-state index contributed by atoms with van der Waals surface area (Å²) in [4.78, 5) is 26.0. The van der Waals surface area contributed by atoms with E-state index < -0.39 is 11.1 Å². The molecule has 0 aromatic heterocycles. The molecule has 0 aliphatic carbocycles. The maximum absolute atomic E-state index is 13.8. The summed E-state index contributed by atoms with van der Waals surface area (Å²) in [5.74, 6) is -1.05. The van der Waals surface area contributed by atoms with Crippen LogP contribution in [0.3, 0.4) is 0 Å². The highest BCUT2D eigenvalue weighted by Crippen LogP contribution is 2.29. The number of anilines is 1. The van der Waals surface area contributed by atoms with Crippen molar-refractivity contribution < 1.29 is 18.7 Å². The van der Waals surface area contributed by atoms with Crippen molar-refractivity contribution in [3.8, 4) is 5.75 Å². The molecule has 1 heterocycles. The summed E-state index contributed by atoms with van der Waals surface area (Å²) in [5, 5.41) is 3.36. The Hall–Kier alpha value is -3.33. The summed E-state index contributed by atoms with van der Waals surface area (Å²) in [6.07, 6.45) is 0.0270. The van der Waals surface area contributed by atoms with Gasteiger partial charge in [0.2, 0.25) is 11.8 Å². The molecule has 0 spiro atoms. The van der Waals surface area contributed by atoms with E-state index in [1.165, 1.54) is 19.2 Å². The second-order valence-corrected chi connectivity index (χ2v) is 7.33. The molecule has 0 saturated carbocycles. The number of hydrogen-bond acceptors (Lipinski definition) is 6. The molecule has 1 aliphatic heterocycles. The molecule has 1 fully saturated rings. The predicted molar refractivity (Wildman–Crippen MR) is 112 cm³/mol. The van der Waals surface area contributed by atoms with Gasteiger partial charge in [0, 0.05) is 12.0 Å². The first-order chi connectivity index (χ1) is 13.9. The monoisotopic (exact) mass is 414 g/mol. The summed E-state index contributed by atoms with van der Waals surface area (Å²) in [5.41, 5.74) is 9.82. The number of thioether (sulfide) groups is 1. The molecule has 150 valence electrons. The Morgan fingerprint density at radius 1 is 1.31 bits per heavy atom. The normalized spacial score (nSPS) is 16.8. The number of hydrazone groups is 1. The molecule has 1 atom stereocenters. The number of ether oxygens (including phenoxy) is 1. The number of nitrogens with one attached hydrogen (secondary N) is 1. The van der Waals surface area contributed by atoms with Gasteiger partial charge >= 0.3 is 0 Å². The van der Waals surface area contributed by atoms with Gasteiger partial charge < -0.3 is 10.5 Å². The summed E-state index contributed by atoms with van der Waals surface area (Å²) in [6, 6.07) is 13.0. The average molecular weight is 414 g/mol. The standard InChI is InChI=1S/C20H19FN4O3S/c1-12(13-8-9-16(28-2)15(21)10-13)23-24-20(22)29-17-11-18(26)25(19(17)27)14-6-4-3-5-7-14/h3-10,17,23H,1,11H2,2H3,(H2,22,24)/t17-/m1/s1. The van der Waals surface area contributed by atoms with Crippen LogP contribution in [0, 0.1) is 5.82 Å². The van der Waals surface area contributed by atoms with Crippen molar-refractivity contribution in [3.63, 3.8) is 0 Å². The van der Waals surface area contributed by atoms with Crippen LogP contribution in [0.15, 0.2) is 60.2 Å². The van der Waals surface area contributed by atoms with Gasteiger partial charge in [-0.2, -0.15) is 5.10 Å². The summed E-state index contributed by atoms with van der Waals surface area (Å²) in [6.45, 7) is 3.78. The summed E-state index contributed by atoms with van der Waals surface area (Å²) >= 11 is 0.982. The van der Waals surface area contributed by atoms with Crippen molar-refractivity contribution in [2.75, 3.05) is 12.0 Å². The van der Waals surface area contributed by atoms with Gasteiger partial charge in [0.15, 0.2) is 16.7 Å². The van der Waals surface area contributed by atoms with Crippen molar-refractivity contribution in [2.24, 2.45) is 10.8 Å². The highest BCUT2D eigenvalue weighted by atomic mass is 32.2. The van der Waals surface area contributed by atoms with E-state index in [0.717, 1.165) is 16.7 Å². The number of para-hydroxylation sites is 1. The molecule has 9 heteroatoms. The third-order valence-corrected chi connectivity index (χ3v) is 5.17. The molecule has 3 N–H and O–H groups in total. The van der Waals surface area contributed by atoms with E-state index in [2.05, 4.69) is 17.1 Å². The number of carbonyl (C=O) groups excluding carboxylic acids is 2. The van der Waals surface area contributed by atoms with Crippen molar-refractivity contribution in [3.05, 3.63) is 66.5 Å². The molecular weight excluding hydrogens is 395 g/mol. The topological polar surface area (TPSA) is 97.0 Å². The fraction of sp³-hybridized carbons (Fsp3) is 0.150. The second kappa shape index (κ2) is 8.78. The SMILES string of the molecule is C=C(NN=C(N)S[C@@H]1CC(=O)N(c2ccccc2)C1=O)c1ccc(OC)c(F)c1. The molecule has 2 aromatic carbocycles. The fourth-order valence-electron chi connectivity index (χ4n) is 2.76. The van der Waals surface area contributed by atoms with Crippen LogP contribution >= 0.6 is 11.8 Å². The Balaban J connectivity index is 1.62. The van der Waals surface area contributed by atoms with Crippen molar-refractivity contribution in [1.29, 1.82) is 0 Å². The highest BCUT2D eigenvalue weighted by Gasteiger charge is 2.40. The first-order valence-corrected chi connectivity index (χ1v) is 9.49. The minimum Gasteiger partial charge on any atom is -0.494 e. The molecule has 0 unspecified atom stereocenters. The van der Waals surface area contributed by atoms with Crippen LogP contribution in [0.1, 0.15) is 12.0 Å². The zero-order valence-corrected chi connectivity index (χ0v) is 16.4. The van der Waals surface area contributed by atoms with Crippen molar-refractivity contribution in [2.45, 2.75) is 11.7 Å². The maximum Gasteiger partial charge on any atom is 0.247 e. The highest BCUT2D eigenvalue weighted by molar-refractivity contribution is 8.14. The lowest BCUT2D eigenvalue weighted by molar-refractivity contribution is -0.121. The molecule has 1 aliphatic rings. The fourth-order valence-corrected chi connectivity index (χ4v) is 3.58. The van der Waals surface area contributed by atoms with Gasteiger partial charge in [0.25, 0.3) is 0 Å². The number of hydrogen-bond donors (Lipinski definition) is 2. The van der Waals surface area contributed by atoms with E-state index >= 15 is 0 Å². The number of carbonyl (C=O) groups is 2. The number of nitrogens with two attached hydrogens (primary N) is 1. The zero-order valence-electron chi connectivity index (χ0n) is 15.6. The van der Waals surface area contributed by atoms with Crippen LogP contribution in [0.2, 0.25) is 0 Å². The Labute approximate surface area is 171 Å². The Kier molecular flexibility index (Phi) is 6.18. The van der Waals surface area contributed by atoms with Crippen LogP contribution in [-0.4, -0.2) is 29.3 Å². The van der Waals surface area contributed by atoms with E-state index in [1.54, 1.807) is 36.4 Å². The van der Waals surface area contributed by atoms with Gasteiger partial charge in [-0.3, -0.25) is 15.0 Å². The lowest BCUT2D eigenvalue weighted by Gasteiger charge is -2.14. The molecule has 3 rings (SSSR count). The largest absolute Gasteiger partial charge is 0.494 e. The number of rotatable bonds is 6. The summed E-state index contributed by atoms with van der Waals surface area (Å²) < 4.78 is 18.7. The van der Waals surface area contributed by atoms with Crippen molar-refractivity contribution in [1.82, 2.24) is 5.43 Å². The Bertz CT molecular complexity index is 981. The van der Waals surface area contributed by atoms with Crippen LogP contribution in [-0.2, 0) is 9.59 Å². The average Bonchev–Trinajstić information content (AvgIpc) is 2.99. The van der Waals surface area contributed by atoms with E-state index in [0.29, 0.717) is 16.9 Å². The molecule has 1 saturated heterocycles. The van der Waals surface area contributed by atoms with Gasteiger partial charge in [0.1, 0.15) is 5.25 Å².